The summed E-state index contributed by atoms with van der Waals surface area (Å²) < 4.78 is 0. The van der Waals surface area contributed by atoms with Gasteiger partial charge in [0.2, 0.25) is 11.8 Å². The first-order chi connectivity index (χ1) is 11.9. The SMILES string of the molecule is CC(C)C(=O)N1CCN(CC(=O)NCc2ccc(N(C)C)cc2)CC1. The minimum absolute atomic E-state index is 0.0281. The Balaban J connectivity index is 1.71. The van der Waals surface area contributed by atoms with Gasteiger partial charge in [0.1, 0.15) is 0 Å². The maximum atomic E-state index is 12.1. The fourth-order valence-corrected chi connectivity index (χ4v) is 2.86. The van der Waals surface area contributed by atoms with Crippen molar-refractivity contribution in [3.63, 3.8) is 0 Å². The molecule has 1 saturated heterocycles. The Kier molecular flexibility index (Phi) is 6.82. The van der Waals surface area contributed by atoms with Crippen LogP contribution < -0.4 is 10.2 Å². The van der Waals surface area contributed by atoms with E-state index in [2.05, 4.69) is 10.2 Å². The van der Waals surface area contributed by atoms with Crippen LogP contribution in [0.25, 0.3) is 0 Å². The molecule has 6 heteroatoms. The smallest absolute Gasteiger partial charge is 0.234 e. The van der Waals surface area contributed by atoms with Crippen molar-refractivity contribution in [1.29, 1.82) is 0 Å². The average Bonchev–Trinajstić information content (AvgIpc) is 2.60. The molecule has 0 unspecified atom stereocenters. The highest BCUT2D eigenvalue weighted by Crippen LogP contribution is 2.12. The third-order valence-electron chi connectivity index (χ3n) is 4.49. The molecule has 1 fully saturated rings. The van der Waals surface area contributed by atoms with Crippen LogP contribution in [0.4, 0.5) is 5.69 Å². The number of piperazine rings is 1. The van der Waals surface area contributed by atoms with Crippen LogP contribution in [0.1, 0.15) is 19.4 Å². The summed E-state index contributed by atoms with van der Waals surface area (Å²) in [6.07, 6.45) is 0. The Morgan fingerprint density at radius 1 is 1.08 bits per heavy atom. The van der Waals surface area contributed by atoms with Gasteiger partial charge in [-0.05, 0) is 17.7 Å². The number of carbonyl (C=O) groups is 2. The standard InChI is InChI=1S/C19H30N4O2/c1-15(2)19(25)23-11-9-22(10-12-23)14-18(24)20-13-16-5-7-17(8-6-16)21(3)4/h5-8,15H,9-14H2,1-4H3,(H,20,24). The molecule has 0 radical (unpaired) electrons. The summed E-state index contributed by atoms with van der Waals surface area (Å²) in [6, 6.07) is 8.16. The van der Waals surface area contributed by atoms with Gasteiger partial charge in [0, 0.05) is 58.4 Å². The van der Waals surface area contributed by atoms with E-state index in [0.717, 1.165) is 24.3 Å². The van der Waals surface area contributed by atoms with E-state index in [4.69, 9.17) is 0 Å². The van der Waals surface area contributed by atoms with Gasteiger partial charge in [0.15, 0.2) is 0 Å². The highest BCUT2D eigenvalue weighted by atomic mass is 16.2. The lowest BCUT2D eigenvalue weighted by atomic mass is 10.1. The Labute approximate surface area is 150 Å². The molecule has 0 aliphatic carbocycles. The molecule has 0 aromatic heterocycles. The van der Waals surface area contributed by atoms with Gasteiger partial charge >= 0.3 is 0 Å². The van der Waals surface area contributed by atoms with E-state index >= 15 is 0 Å². The number of nitrogens with one attached hydrogen (secondary N) is 1. The van der Waals surface area contributed by atoms with Crippen LogP contribution in [0.5, 0.6) is 0 Å². The average molecular weight is 346 g/mol. The molecule has 2 rings (SSSR count). The van der Waals surface area contributed by atoms with Crippen LogP contribution in [-0.2, 0) is 16.1 Å². The van der Waals surface area contributed by atoms with E-state index in [1.54, 1.807) is 0 Å². The number of benzene rings is 1. The second-order valence-corrected chi connectivity index (χ2v) is 7.09. The van der Waals surface area contributed by atoms with E-state index in [1.165, 1.54) is 0 Å². The Bertz CT molecular complexity index is 576. The Hall–Kier alpha value is -2.08. The van der Waals surface area contributed by atoms with E-state index in [-0.39, 0.29) is 17.7 Å². The lowest BCUT2D eigenvalue weighted by Gasteiger charge is -2.35. The van der Waals surface area contributed by atoms with Crippen LogP contribution in [0.3, 0.4) is 0 Å². The molecular formula is C19H30N4O2. The zero-order chi connectivity index (χ0) is 18.4. The van der Waals surface area contributed by atoms with Crippen molar-refractivity contribution in [3.8, 4) is 0 Å². The van der Waals surface area contributed by atoms with Crippen molar-refractivity contribution in [3.05, 3.63) is 29.8 Å². The quantitative estimate of drug-likeness (QED) is 0.840. The minimum atomic E-state index is 0.0281. The summed E-state index contributed by atoms with van der Waals surface area (Å²) in [5.74, 6) is 0.263. The van der Waals surface area contributed by atoms with Crippen molar-refractivity contribution in [2.45, 2.75) is 20.4 Å². The van der Waals surface area contributed by atoms with Crippen molar-refractivity contribution in [2.24, 2.45) is 5.92 Å². The third-order valence-corrected chi connectivity index (χ3v) is 4.49. The van der Waals surface area contributed by atoms with Gasteiger partial charge in [-0.2, -0.15) is 0 Å². The zero-order valence-corrected chi connectivity index (χ0v) is 15.8. The molecule has 25 heavy (non-hydrogen) atoms. The highest BCUT2D eigenvalue weighted by molar-refractivity contribution is 5.79. The molecule has 6 nitrogen and oxygen atoms in total. The third kappa shape index (κ3) is 5.74. The van der Waals surface area contributed by atoms with E-state index in [0.29, 0.717) is 26.2 Å². The largest absolute Gasteiger partial charge is 0.378 e. The summed E-state index contributed by atoms with van der Waals surface area (Å²) in [6.45, 7) is 7.69. The summed E-state index contributed by atoms with van der Waals surface area (Å²) in [5.41, 5.74) is 2.23. The number of anilines is 1. The lowest BCUT2D eigenvalue weighted by molar-refractivity contribution is -0.136. The molecule has 138 valence electrons. The van der Waals surface area contributed by atoms with Crippen LogP contribution in [0.2, 0.25) is 0 Å². The Morgan fingerprint density at radius 3 is 2.20 bits per heavy atom. The highest BCUT2D eigenvalue weighted by Gasteiger charge is 2.23. The number of hydrogen-bond donors (Lipinski definition) is 1. The van der Waals surface area contributed by atoms with Crippen LogP contribution in [0, 0.1) is 5.92 Å². The molecule has 0 spiro atoms. The molecule has 0 atom stereocenters. The summed E-state index contributed by atoms with van der Waals surface area (Å²) in [4.78, 5) is 30.2. The maximum Gasteiger partial charge on any atom is 0.234 e. The van der Waals surface area contributed by atoms with Gasteiger partial charge in [-0.3, -0.25) is 14.5 Å². The molecular weight excluding hydrogens is 316 g/mol. The van der Waals surface area contributed by atoms with Gasteiger partial charge in [0.05, 0.1) is 6.54 Å². The molecule has 1 heterocycles. The van der Waals surface area contributed by atoms with Gasteiger partial charge in [-0.15, -0.1) is 0 Å². The molecule has 1 aliphatic heterocycles. The minimum Gasteiger partial charge on any atom is -0.378 e. The van der Waals surface area contributed by atoms with Gasteiger partial charge in [-0.25, -0.2) is 0 Å². The fraction of sp³-hybridized carbons (Fsp3) is 0.579. The summed E-state index contributed by atoms with van der Waals surface area (Å²) in [7, 11) is 4.01. The lowest BCUT2D eigenvalue weighted by Crippen LogP contribution is -2.51. The zero-order valence-electron chi connectivity index (χ0n) is 15.8. The number of carbonyl (C=O) groups excluding carboxylic acids is 2. The van der Waals surface area contributed by atoms with Gasteiger partial charge in [-0.1, -0.05) is 26.0 Å². The van der Waals surface area contributed by atoms with E-state index < -0.39 is 0 Å². The van der Waals surface area contributed by atoms with Crippen LogP contribution >= 0.6 is 0 Å². The van der Waals surface area contributed by atoms with Crippen molar-refractivity contribution in [1.82, 2.24) is 15.1 Å². The molecule has 1 N–H and O–H groups in total. The van der Waals surface area contributed by atoms with E-state index in [9.17, 15) is 9.59 Å². The first-order valence-corrected chi connectivity index (χ1v) is 8.91. The van der Waals surface area contributed by atoms with Crippen LogP contribution in [0.15, 0.2) is 24.3 Å². The second-order valence-electron chi connectivity index (χ2n) is 7.09. The van der Waals surface area contributed by atoms with Crippen molar-refractivity contribution in [2.75, 3.05) is 51.7 Å². The van der Waals surface area contributed by atoms with Gasteiger partial charge in [0.25, 0.3) is 0 Å². The molecule has 1 aromatic carbocycles. The molecule has 0 bridgehead atoms. The second kappa shape index (κ2) is 8.85. The molecule has 1 aliphatic rings. The number of rotatable bonds is 6. The first-order valence-electron chi connectivity index (χ1n) is 8.91. The van der Waals surface area contributed by atoms with Crippen molar-refractivity contribution < 1.29 is 9.59 Å². The van der Waals surface area contributed by atoms with Crippen molar-refractivity contribution >= 4 is 17.5 Å². The number of nitrogens with zero attached hydrogens (tertiary/aromatic N) is 3. The van der Waals surface area contributed by atoms with Crippen LogP contribution in [-0.4, -0.2) is 68.4 Å². The van der Waals surface area contributed by atoms with E-state index in [1.807, 2.05) is 62.0 Å². The molecule has 0 saturated carbocycles. The normalized spacial score (nSPS) is 15.3. The summed E-state index contributed by atoms with van der Waals surface area (Å²) >= 11 is 0. The first kappa shape index (κ1) is 19.2. The predicted octanol–water partition coefficient (Wildman–Crippen LogP) is 1.17. The maximum absolute atomic E-state index is 12.1. The number of amides is 2. The predicted molar refractivity (Wildman–Crippen MR) is 100 cm³/mol. The molecule has 1 aromatic rings. The molecule has 2 amide bonds. The fourth-order valence-electron chi connectivity index (χ4n) is 2.86. The summed E-state index contributed by atoms with van der Waals surface area (Å²) in [5, 5.41) is 2.97. The topological polar surface area (TPSA) is 55.9 Å². The van der Waals surface area contributed by atoms with Gasteiger partial charge < -0.3 is 15.1 Å². The monoisotopic (exact) mass is 346 g/mol. The number of hydrogen-bond acceptors (Lipinski definition) is 4. The Morgan fingerprint density at radius 2 is 1.68 bits per heavy atom.